The van der Waals surface area contributed by atoms with E-state index in [9.17, 15) is 14.4 Å². The minimum Gasteiger partial charge on any atom is -0.465 e. The summed E-state index contributed by atoms with van der Waals surface area (Å²) in [6.45, 7) is 6.23. The Hall–Kier alpha value is -5.27. The van der Waals surface area contributed by atoms with Gasteiger partial charge in [0.1, 0.15) is 16.9 Å². The molecule has 3 heterocycles. The summed E-state index contributed by atoms with van der Waals surface area (Å²) in [6, 6.07) is 11.4. The fourth-order valence-corrected chi connectivity index (χ4v) is 6.44. The highest BCUT2D eigenvalue weighted by Crippen LogP contribution is 2.39. The molecule has 0 aliphatic carbocycles. The van der Waals surface area contributed by atoms with Gasteiger partial charge < -0.3 is 21.1 Å². The van der Waals surface area contributed by atoms with Crippen molar-refractivity contribution in [2.24, 2.45) is 10.7 Å². The number of halogens is 1. The summed E-state index contributed by atoms with van der Waals surface area (Å²) >= 11 is 7.83. The van der Waals surface area contributed by atoms with E-state index in [0.717, 1.165) is 32.3 Å². The Labute approximate surface area is 287 Å². The molecule has 1 aliphatic rings. The second-order valence-electron chi connectivity index (χ2n) is 10.7. The zero-order valence-corrected chi connectivity index (χ0v) is 28.3. The van der Waals surface area contributed by atoms with Gasteiger partial charge in [-0.25, -0.2) is 4.79 Å². The highest BCUT2D eigenvalue weighted by molar-refractivity contribution is 7.15. The molecule has 1 atom stereocenters. The molecule has 0 radical (unpaired) electrons. The lowest BCUT2D eigenvalue weighted by Crippen LogP contribution is -2.26. The van der Waals surface area contributed by atoms with Crippen LogP contribution in [0.25, 0.3) is 5.00 Å². The van der Waals surface area contributed by atoms with Crippen molar-refractivity contribution in [1.82, 2.24) is 25.4 Å². The number of aromatic nitrogens is 3. The maximum absolute atomic E-state index is 13.1. The minimum atomic E-state index is -0.603. The number of carbonyl (C=O) groups excluding carboxylic acids is 3. The van der Waals surface area contributed by atoms with E-state index in [1.165, 1.54) is 25.3 Å². The Kier molecular flexibility index (Phi) is 10.7. The number of benzene rings is 2. The highest BCUT2D eigenvalue weighted by Gasteiger charge is 2.32. The molecule has 0 saturated carbocycles. The number of ether oxygens (including phenoxy) is 1. The van der Waals surface area contributed by atoms with Crippen LogP contribution >= 0.6 is 22.9 Å². The molecule has 0 fully saturated rings. The normalized spacial score (nSPS) is 13.0. The summed E-state index contributed by atoms with van der Waals surface area (Å²) < 4.78 is 6.77. The van der Waals surface area contributed by atoms with E-state index in [4.69, 9.17) is 27.1 Å². The molecule has 11 nitrogen and oxygen atoms in total. The van der Waals surface area contributed by atoms with Gasteiger partial charge in [-0.15, -0.1) is 21.5 Å². The molecule has 1 aliphatic heterocycles. The SMILES string of the molecule is COC(=O)c1ccc(C(=O)NCC#CCNC(=O)C[C@@H]2N=C(c3ccc(Cl)cc3)c3c(sc(C)c3C)-n3c(C)nnc32)cc1C#CCN. The highest BCUT2D eigenvalue weighted by atomic mass is 35.5. The first-order valence-corrected chi connectivity index (χ1v) is 16.1. The van der Waals surface area contributed by atoms with Crippen LogP contribution in [0.3, 0.4) is 0 Å². The quantitative estimate of drug-likeness (QED) is 0.198. The minimum absolute atomic E-state index is 0.0254. The van der Waals surface area contributed by atoms with Crippen molar-refractivity contribution in [1.29, 1.82) is 0 Å². The van der Waals surface area contributed by atoms with E-state index < -0.39 is 17.9 Å². The third-order valence-electron chi connectivity index (χ3n) is 7.58. The number of aryl methyl sites for hydroxylation is 2. The number of thiophene rings is 1. The summed E-state index contributed by atoms with van der Waals surface area (Å²) in [4.78, 5) is 44.1. The molecule has 0 unspecified atom stereocenters. The van der Waals surface area contributed by atoms with Crippen molar-refractivity contribution in [2.45, 2.75) is 33.2 Å². The standard InChI is InChI=1S/C35H32ClN7O4S/c1-20-21(2)48-34-30(20)31(23-9-12-26(36)13-10-23)40-28(32-42-41-22(3)43(32)34)19-29(44)38-16-5-6-17-39-33(45)25-11-14-27(35(46)47-4)24(18-25)8-7-15-37/h9-14,18,28H,15-17,19,37H2,1-4H3,(H,38,44)(H,39,45)/t28-/m0/s1. The Morgan fingerprint density at radius 3 is 2.46 bits per heavy atom. The number of nitrogens with zero attached hydrogens (tertiary/aromatic N) is 4. The van der Waals surface area contributed by atoms with E-state index >= 15 is 0 Å². The lowest BCUT2D eigenvalue weighted by Gasteiger charge is -2.12. The summed E-state index contributed by atoms with van der Waals surface area (Å²) in [5.74, 6) is 11.2. The molecule has 0 spiro atoms. The number of fused-ring (bicyclic) bond motifs is 3. The smallest absolute Gasteiger partial charge is 0.339 e. The first-order valence-electron chi connectivity index (χ1n) is 14.9. The number of nitrogens with two attached hydrogens (primary N) is 1. The molecule has 48 heavy (non-hydrogen) atoms. The van der Waals surface area contributed by atoms with Crippen LogP contribution in [0.15, 0.2) is 47.5 Å². The number of hydrogen-bond donors (Lipinski definition) is 3. The molecule has 2 amide bonds. The van der Waals surface area contributed by atoms with E-state index in [1.54, 1.807) is 11.3 Å². The van der Waals surface area contributed by atoms with Crippen molar-refractivity contribution in [2.75, 3.05) is 26.7 Å². The van der Waals surface area contributed by atoms with Crippen molar-refractivity contribution in [3.8, 4) is 28.7 Å². The van der Waals surface area contributed by atoms with Gasteiger partial charge in [0.15, 0.2) is 5.82 Å². The van der Waals surface area contributed by atoms with Crippen LogP contribution < -0.4 is 16.4 Å². The van der Waals surface area contributed by atoms with Crippen molar-refractivity contribution in [3.05, 3.63) is 97.4 Å². The van der Waals surface area contributed by atoms with Crippen LogP contribution in [-0.4, -0.2) is 65.0 Å². The lowest BCUT2D eigenvalue weighted by molar-refractivity contribution is -0.121. The molecule has 2 aromatic heterocycles. The van der Waals surface area contributed by atoms with Gasteiger partial charge in [0.05, 0.1) is 44.4 Å². The van der Waals surface area contributed by atoms with Crippen molar-refractivity contribution >= 4 is 46.4 Å². The second-order valence-corrected chi connectivity index (χ2v) is 12.3. The number of amides is 2. The number of rotatable bonds is 7. The fourth-order valence-electron chi connectivity index (χ4n) is 5.10. The summed E-state index contributed by atoms with van der Waals surface area (Å²) in [5.41, 5.74) is 10.1. The molecule has 13 heteroatoms. The number of esters is 1. The average molecular weight is 682 g/mol. The summed E-state index contributed by atoms with van der Waals surface area (Å²) in [6.07, 6.45) is 0.0254. The monoisotopic (exact) mass is 681 g/mol. The van der Waals surface area contributed by atoms with E-state index in [-0.39, 0.29) is 37.5 Å². The largest absolute Gasteiger partial charge is 0.465 e. The number of aliphatic imine (C=N–C) groups is 1. The number of carbonyl (C=O) groups is 3. The van der Waals surface area contributed by atoms with Crippen molar-refractivity contribution in [3.63, 3.8) is 0 Å². The molecule has 244 valence electrons. The Balaban J connectivity index is 1.26. The van der Waals surface area contributed by atoms with Crippen LogP contribution in [0, 0.1) is 44.5 Å². The van der Waals surface area contributed by atoms with E-state index in [2.05, 4.69) is 58.4 Å². The van der Waals surface area contributed by atoms with Crippen LogP contribution in [0.2, 0.25) is 5.02 Å². The van der Waals surface area contributed by atoms with Crippen LogP contribution in [0.4, 0.5) is 0 Å². The van der Waals surface area contributed by atoms with Gasteiger partial charge in [0.25, 0.3) is 5.91 Å². The second kappa shape index (κ2) is 15.1. The first-order chi connectivity index (χ1) is 23.1. The zero-order valence-electron chi connectivity index (χ0n) is 26.7. The van der Waals surface area contributed by atoms with Crippen LogP contribution in [0.1, 0.15) is 72.0 Å². The predicted molar refractivity (Wildman–Crippen MR) is 185 cm³/mol. The maximum atomic E-state index is 13.1. The van der Waals surface area contributed by atoms with Gasteiger partial charge in [-0.1, -0.05) is 47.4 Å². The summed E-state index contributed by atoms with van der Waals surface area (Å²) in [7, 11) is 1.27. The van der Waals surface area contributed by atoms with Crippen LogP contribution in [-0.2, 0) is 9.53 Å². The van der Waals surface area contributed by atoms with Gasteiger partial charge in [-0.2, -0.15) is 0 Å². The molecule has 5 rings (SSSR count). The molecule has 2 aromatic carbocycles. The van der Waals surface area contributed by atoms with Gasteiger partial charge in [0.2, 0.25) is 5.91 Å². The van der Waals surface area contributed by atoms with E-state index in [0.29, 0.717) is 27.8 Å². The molecule has 4 aromatic rings. The van der Waals surface area contributed by atoms with Crippen molar-refractivity contribution < 1.29 is 19.1 Å². The molecule has 0 saturated heterocycles. The average Bonchev–Trinajstić information content (AvgIpc) is 3.56. The van der Waals surface area contributed by atoms with Gasteiger partial charge in [-0.05, 0) is 56.7 Å². The first kappa shape index (κ1) is 34.1. The fraction of sp³-hybridized carbons (Fsp3) is 0.257. The maximum Gasteiger partial charge on any atom is 0.339 e. The van der Waals surface area contributed by atoms with Gasteiger partial charge in [-0.3, -0.25) is 19.1 Å². The molecule has 4 N–H and O–H groups in total. The van der Waals surface area contributed by atoms with E-state index in [1.807, 2.05) is 35.8 Å². The lowest BCUT2D eigenvalue weighted by atomic mass is 9.99. The Morgan fingerprint density at radius 2 is 1.75 bits per heavy atom. The zero-order chi connectivity index (χ0) is 34.4. The van der Waals surface area contributed by atoms with Gasteiger partial charge >= 0.3 is 5.97 Å². The third-order valence-corrected chi connectivity index (χ3v) is 9.03. The Bertz CT molecular complexity index is 2060. The molecular weight excluding hydrogens is 650 g/mol. The number of methoxy groups -OCH3 is 1. The molecule has 0 bridgehead atoms. The third kappa shape index (κ3) is 7.32. The predicted octanol–water partition coefficient (Wildman–Crippen LogP) is 3.84. The molecular formula is C35H32ClN7O4S. The number of hydrogen-bond acceptors (Lipinski definition) is 9. The van der Waals surface area contributed by atoms with Gasteiger partial charge in [0, 0.05) is 32.2 Å². The summed E-state index contributed by atoms with van der Waals surface area (Å²) in [5, 5.41) is 15.9. The topological polar surface area (TPSA) is 154 Å². The Morgan fingerprint density at radius 1 is 1.02 bits per heavy atom. The van der Waals surface area contributed by atoms with Crippen LogP contribution in [0.5, 0.6) is 0 Å². The number of nitrogens with one attached hydrogen (secondary N) is 2.